The number of hydrogen-bond acceptors (Lipinski definition) is 2. The average Bonchev–Trinajstić information content (AvgIpc) is 3.02. The zero-order valence-corrected chi connectivity index (χ0v) is 16.7. The molecule has 0 saturated heterocycles. The molecule has 2 nitrogen and oxygen atoms in total. The summed E-state index contributed by atoms with van der Waals surface area (Å²) in [6, 6.07) is 17.0. The van der Waals surface area contributed by atoms with Crippen LogP contribution in [-0.2, 0) is 6.42 Å². The number of thiophene rings is 1. The van der Waals surface area contributed by atoms with Crippen molar-refractivity contribution in [2.45, 2.75) is 40.0 Å². The van der Waals surface area contributed by atoms with Gasteiger partial charge in [0, 0.05) is 17.8 Å². The average molecular weight is 366 g/mol. The maximum absolute atomic E-state index is 13.3. The van der Waals surface area contributed by atoms with Gasteiger partial charge >= 0.3 is 0 Å². The predicted octanol–water partition coefficient (Wildman–Crippen LogP) is 6.06. The molecule has 0 radical (unpaired) electrons. The van der Waals surface area contributed by atoms with Gasteiger partial charge in [0.1, 0.15) is 0 Å². The van der Waals surface area contributed by atoms with Crippen LogP contribution in [0.3, 0.4) is 0 Å². The Balaban J connectivity index is 2.01. The van der Waals surface area contributed by atoms with Crippen LogP contribution in [0.2, 0.25) is 0 Å². The Labute approximate surface area is 160 Å². The number of carbonyl (C=O) groups excluding carboxylic acids is 1. The normalized spacial score (nSPS) is 11.0. The quantitative estimate of drug-likeness (QED) is 0.498. The van der Waals surface area contributed by atoms with Crippen molar-refractivity contribution in [2.24, 2.45) is 0 Å². The van der Waals surface area contributed by atoms with Crippen molar-refractivity contribution in [1.82, 2.24) is 4.90 Å². The van der Waals surface area contributed by atoms with Gasteiger partial charge < -0.3 is 4.90 Å². The molecule has 0 N–H and O–H groups in total. The first kappa shape index (κ1) is 18.7. The summed E-state index contributed by atoms with van der Waals surface area (Å²) >= 11 is 1.64. The molecule has 3 rings (SSSR count). The van der Waals surface area contributed by atoms with Crippen molar-refractivity contribution in [1.29, 1.82) is 0 Å². The summed E-state index contributed by atoms with van der Waals surface area (Å²) in [6.45, 7) is 7.94. The second-order valence-corrected chi connectivity index (χ2v) is 7.86. The van der Waals surface area contributed by atoms with E-state index in [4.69, 9.17) is 0 Å². The zero-order chi connectivity index (χ0) is 18.5. The molecule has 0 aliphatic rings. The number of carbonyl (C=O) groups is 1. The van der Waals surface area contributed by atoms with Crippen molar-refractivity contribution in [3.63, 3.8) is 0 Å². The van der Waals surface area contributed by atoms with Crippen LogP contribution in [0.4, 0.5) is 0 Å². The van der Waals surface area contributed by atoms with Crippen LogP contribution in [0.25, 0.3) is 10.1 Å². The first-order chi connectivity index (χ1) is 12.6. The first-order valence-corrected chi connectivity index (χ1v) is 10.3. The summed E-state index contributed by atoms with van der Waals surface area (Å²) in [5, 5.41) is 1.22. The van der Waals surface area contributed by atoms with Gasteiger partial charge in [-0.1, -0.05) is 61.4 Å². The van der Waals surface area contributed by atoms with Crippen molar-refractivity contribution in [2.75, 3.05) is 13.1 Å². The van der Waals surface area contributed by atoms with Gasteiger partial charge in [-0.2, -0.15) is 0 Å². The highest BCUT2D eigenvalue weighted by molar-refractivity contribution is 7.21. The lowest BCUT2D eigenvalue weighted by Crippen LogP contribution is -2.31. The summed E-state index contributed by atoms with van der Waals surface area (Å²) in [5.74, 6) is 0.185. The lowest BCUT2D eigenvalue weighted by Gasteiger charge is -2.20. The fourth-order valence-corrected chi connectivity index (χ4v) is 4.44. The van der Waals surface area contributed by atoms with Gasteiger partial charge in [-0.05, 0) is 49.3 Å². The minimum absolute atomic E-state index is 0.185. The van der Waals surface area contributed by atoms with Crippen LogP contribution in [-0.4, -0.2) is 23.9 Å². The summed E-state index contributed by atoms with van der Waals surface area (Å²) < 4.78 is 1.20. The van der Waals surface area contributed by atoms with Gasteiger partial charge in [0.25, 0.3) is 5.91 Å². The van der Waals surface area contributed by atoms with Gasteiger partial charge in [-0.25, -0.2) is 0 Å². The van der Waals surface area contributed by atoms with Crippen LogP contribution in [0.15, 0.2) is 48.5 Å². The smallest absolute Gasteiger partial charge is 0.264 e. The lowest BCUT2D eigenvalue weighted by molar-refractivity contribution is 0.0766. The minimum atomic E-state index is 0.185. The molecule has 1 amide bonds. The molecule has 3 heteroatoms. The van der Waals surface area contributed by atoms with Crippen LogP contribution in [0.5, 0.6) is 0 Å². The summed E-state index contributed by atoms with van der Waals surface area (Å²) in [5.41, 5.74) is 3.69. The second kappa shape index (κ2) is 8.50. The number of aryl methyl sites for hydroxylation is 1. The van der Waals surface area contributed by atoms with E-state index in [-0.39, 0.29) is 5.91 Å². The van der Waals surface area contributed by atoms with E-state index >= 15 is 0 Å². The molecule has 0 spiro atoms. The topological polar surface area (TPSA) is 20.3 Å². The molecule has 0 saturated carbocycles. The van der Waals surface area contributed by atoms with Crippen molar-refractivity contribution >= 4 is 27.3 Å². The molecule has 0 unspecified atom stereocenters. The summed E-state index contributed by atoms with van der Waals surface area (Å²) in [7, 11) is 0. The Morgan fingerprint density at radius 1 is 1.04 bits per heavy atom. The van der Waals surface area contributed by atoms with E-state index in [9.17, 15) is 4.79 Å². The summed E-state index contributed by atoms with van der Waals surface area (Å²) in [4.78, 5) is 16.2. The molecule has 1 aromatic heterocycles. The molecule has 136 valence electrons. The van der Waals surface area contributed by atoms with E-state index in [2.05, 4.69) is 69.3 Å². The molecule has 0 aliphatic heterocycles. The molecular formula is C23H27NOS. The van der Waals surface area contributed by atoms with Crippen molar-refractivity contribution in [3.8, 4) is 0 Å². The molecule has 1 heterocycles. The van der Waals surface area contributed by atoms with E-state index in [0.29, 0.717) is 0 Å². The third-order valence-electron chi connectivity index (χ3n) is 4.84. The van der Waals surface area contributed by atoms with E-state index < -0.39 is 0 Å². The number of amides is 1. The highest BCUT2D eigenvalue weighted by atomic mass is 32.1. The number of fused-ring (bicyclic) bond motifs is 1. The Morgan fingerprint density at radius 2 is 1.77 bits per heavy atom. The number of unbranched alkanes of at least 4 members (excludes halogenated alkanes) is 1. The third-order valence-corrected chi connectivity index (χ3v) is 6.05. The van der Waals surface area contributed by atoms with E-state index in [1.807, 2.05) is 4.90 Å². The fourth-order valence-electron chi connectivity index (χ4n) is 3.25. The summed E-state index contributed by atoms with van der Waals surface area (Å²) in [6.07, 6.45) is 2.96. The molecule has 3 aromatic rings. The Bertz CT molecular complexity index is 879. The van der Waals surface area contributed by atoms with Gasteiger partial charge in [-0.3, -0.25) is 4.79 Å². The highest BCUT2D eigenvalue weighted by Gasteiger charge is 2.22. The molecule has 0 aliphatic carbocycles. The largest absolute Gasteiger partial charge is 0.338 e. The van der Waals surface area contributed by atoms with E-state index in [0.717, 1.165) is 37.2 Å². The molecule has 26 heavy (non-hydrogen) atoms. The monoisotopic (exact) mass is 365 g/mol. The van der Waals surface area contributed by atoms with Gasteiger partial charge in [0.15, 0.2) is 0 Å². The van der Waals surface area contributed by atoms with Crippen molar-refractivity contribution < 1.29 is 4.79 Å². The number of nitrogens with zero attached hydrogens (tertiary/aromatic N) is 1. The zero-order valence-electron chi connectivity index (χ0n) is 15.9. The maximum Gasteiger partial charge on any atom is 0.264 e. The third kappa shape index (κ3) is 3.99. The molecule has 0 fully saturated rings. The van der Waals surface area contributed by atoms with Gasteiger partial charge in [-0.15, -0.1) is 11.3 Å². The molecule has 2 aromatic carbocycles. The molecule has 0 bridgehead atoms. The van der Waals surface area contributed by atoms with Gasteiger partial charge in [0.05, 0.1) is 4.88 Å². The van der Waals surface area contributed by atoms with Crippen LogP contribution < -0.4 is 0 Å². The van der Waals surface area contributed by atoms with Crippen LogP contribution >= 0.6 is 11.3 Å². The number of benzene rings is 2. The number of rotatable bonds is 7. The first-order valence-electron chi connectivity index (χ1n) is 9.49. The maximum atomic E-state index is 13.3. The SMILES string of the molecule is CCCCN(CC)C(=O)c1sc2ccccc2c1Cc1ccc(C)cc1. The van der Waals surface area contributed by atoms with Crippen LogP contribution in [0, 0.1) is 6.92 Å². The minimum Gasteiger partial charge on any atom is -0.338 e. The molecular weight excluding hydrogens is 338 g/mol. The van der Waals surface area contributed by atoms with Gasteiger partial charge in [0.2, 0.25) is 0 Å². The van der Waals surface area contributed by atoms with Crippen LogP contribution in [0.1, 0.15) is 53.1 Å². The predicted molar refractivity (Wildman–Crippen MR) is 112 cm³/mol. The van der Waals surface area contributed by atoms with E-state index in [1.165, 1.54) is 26.8 Å². The highest BCUT2D eigenvalue weighted by Crippen LogP contribution is 2.34. The van der Waals surface area contributed by atoms with Crippen molar-refractivity contribution in [3.05, 3.63) is 70.1 Å². The number of hydrogen-bond donors (Lipinski definition) is 0. The molecule has 0 atom stereocenters. The second-order valence-electron chi connectivity index (χ2n) is 6.81. The Kier molecular flexibility index (Phi) is 6.10. The van der Waals surface area contributed by atoms with E-state index in [1.54, 1.807) is 11.3 Å². The Hall–Kier alpha value is -2.13. The standard InChI is InChI=1S/C23H27NOS/c1-4-6-15-24(5-2)23(25)22-20(16-18-13-11-17(3)12-14-18)19-9-7-8-10-21(19)26-22/h7-14H,4-6,15-16H2,1-3H3. The Morgan fingerprint density at radius 3 is 2.46 bits per heavy atom. The lowest BCUT2D eigenvalue weighted by atomic mass is 10.0. The fraction of sp³-hybridized carbons (Fsp3) is 0.348.